The predicted octanol–water partition coefficient (Wildman–Crippen LogP) is 3.47. The van der Waals surface area contributed by atoms with Gasteiger partial charge in [-0.15, -0.1) is 11.3 Å². The maximum absolute atomic E-state index is 12.4. The molecule has 22 heavy (non-hydrogen) atoms. The molecule has 0 bridgehead atoms. The lowest BCUT2D eigenvalue weighted by Crippen LogP contribution is -2.33. The van der Waals surface area contributed by atoms with Gasteiger partial charge in [0.05, 0.1) is 17.4 Å². The number of thiophene rings is 1. The van der Waals surface area contributed by atoms with Crippen molar-refractivity contribution in [3.05, 3.63) is 21.4 Å². The molecule has 5 heteroatoms. The van der Waals surface area contributed by atoms with Crippen molar-refractivity contribution in [2.75, 3.05) is 6.61 Å². The molecular formula is C17H25NO3S. The molecule has 2 rings (SSSR count). The van der Waals surface area contributed by atoms with Crippen LogP contribution in [0.1, 0.15) is 59.6 Å². The van der Waals surface area contributed by atoms with Crippen molar-refractivity contribution in [3.8, 4) is 0 Å². The van der Waals surface area contributed by atoms with Crippen LogP contribution < -0.4 is 5.32 Å². The Bertz CT molecular complexity index is 538. The zero-order valence-electron chi connectivity index (χ0n) is 13.6. The lowest BCUT2D eigenvalue weighted by Gasteiger charge is -2.12. The van der Waals surface area contributed by atoms with Crippen molar-refractivity contribution in [3.63, 3.8) is 0 Å². The highest BCUT2D eigenvalue weighted by Crippen LogP contribution is 2.28. The van der Waals surface area contributed by atoms with E-state index >= 15 is 0 Å². The van der Waals surface area contributed by atoms with Gasteiger partial charge in [-0.2, -0.15) is 0 Å². The minimum absolute atomic E-state index is 0.00929. The van der Waals surface area contributed by atoms with E-state index in [-0.39, 0.29) is 23.8 Å². The number of aryl methyl sites for hydroxylation is 2. The molecule has 0 aliphatic heterocycles. The maximum Gasteiger partial charge on any atom is 0.308 e. The van der Waals surface area contributed by atoms with Gasteiger partial charge in [-0.3, -0.25) is 9.59 Å². The normalized spacial score (nSPS) is 20.9. The fourth-order valence-corrected chi connectivity index (χ4v) is 3.97. The van der Waals surface area contributed by atoms with Crippen molar-refractivity contribution in [1.29, 1.82) is 0 Å². The minimum atomic E-state index is -0.128. The molecule has 1 aromatic heterocycles. The van der Waals surface area contributed by atoms with E-state index < -0.39 is 0 Å². The Morgan fingerprint density at radius 3 is 2.82 bits per heavy atom. The number of rotatable bonds is 6. The smallest absolute Gasteiger partial charge is 0.308 e. The lowest BCUT2D eigenvalue weighted by molar-refractivity contribution is -0.147. The average molecular weight is 323 g/mol. The molecule has 1 heterocycles. The summed E-state index contributed by atoms with van der Waals surface area (Å²) in [5.74, 6) is -0.201. The zero-order chi connectivity index (χ0) is 16.1. The summed E-state index contributed by atoms with van der Waals surface area (Å²) in [6, 6.07) is 2.09. The molecule has 0 saturated heterocycles. The van der Waals surface area contributed by atoms with E-state index in [9.17, 15) is 9.59 Å². The monoisotopic (exact) mass is 323 g/mol. The summed E-state index contributed by atoms with van der Waals surface area (Å²) in [4.78, 5) is 26.1. The quantitative estimate of drug-likeness (QED) is 0.816. The Balaban J connectivity index is 1.90. The summed E-state index contributed by atoms with van der Waals surface area (Å²) in [7, 11) is 0. The van der Waals surface area contributed by atoms with Crippen LogP contribution in [-0.2, 0) is 16.0 Å². The Labute approximate surface area is 136 Å². The molecule has 2 atom stereocenters. The highest BCUT2D eigenvalue weighted by Gasteiger charge is 2.32. The predicted molar refractivity (Wildman–Crippen MR) is 88.3 cm³/mol. The van der Waals surface area contributed by atoms with E-state index in [2.05, 4.69) is 19.2 Å². The van der Waals surface area contributed by atoms with E-state index in [1.165, 1.54) is 10.4 Å². The molecule has 1 aliphatic rings. The Kier molecular flexibility index (Phi) is 6.00. The fraction of sp³-hybridized carbons (Fsp3) is 0.647. The van der Waals surface area contributed by atoms with Crippen LogP contribution in [0.15, 0.2) is 6.07 Å². The van der Waals surface area contributed by atoms with E-state index in [0.717, 1.165) is 30.6 Å². The largest absolute Gasteiger partial charge is 0.466 e. The van der Waals surface area contributed by atoms with Crippen LogP contribution in [0.3, 0.4) is 0 Å². The number of carbonyl (C=O) groups excluding carboxylic acids is 2. The maximum atomic E-state index is 12.4. The number of esters is 1. The van der Waals surface area contributed by atoms with Gasteiger partial charge in [-0.25, -0.2) is 0 Å². The average Bonchev–Trinajstić information content (AvgIpc) is 3.07. The first-order valence-electron chi connectivity index (χ1n) is 8.11. The number of nitrogens with one attached hydrogen (secondary N) is 1. The molecule has 0 spiro atoms. The van der Waals surface area contributed by atoms with Gasteiger partial charge in [0.15, 0.2) is 0 Å². The molecule has 0 aromatic carbocycles. The molecule has 1 N–H and O–H groups in total. The first-order valence-corrected chi connectivity index (χ1v) is 8.93. The van der Waals surface area contributed by atoms with Crippen molar-refractivity contribution >= 4 is 23.2 Å². The van der Waals surface area contributed by atoms with E-state index in [0.29, 0.717) is 13.0 Å². The molecule has 1 saturated carbocycles. The van der Waals surface area contributed by atoms with Crippen molar-refractivity contribution in [1.82, 2.24) is 5.32 Å². The third-order valence-electron chi connectivity index (χ3n) is 4.15. The molecule has 1 aliphatic carbocycles. The molecule has 1 amide bonds. The molecule has 1 aromatic rings. The first-order chi connectivity index (χ1) is 10.5. The fourth-order valence-electron chi connectivity index (χ4n) is 2.99. The third kappa shape index (κ3) is 4.09. The van der Waals surface area contributed by atoms with Crippen LogP contribution in [0.25, 0.3) is 0 Å². The second-order valence-electron chi connectivity index (χ2n) is 5.87. The van der Waals surface area contributed by atoms with E-state index in [4.69, 9.17) is 4.74 Å². The van der Waals surface area contributed by atoms with Crippen LogP contribution in [0.2, 0.25) is 0 Å². The van der Waals surface area contributed by atoms with E-state index in [1.54, 1.807) is 11.3 Å². The summed E-state index contributed by atoms with van der Waals surface area (Å²) < 4.78 is 5.06. The van der Waals surface area contributed by atoms with Crippen LogP contribution in [0, 0.1) is 12.8 Å². The van der Waals surface area contributed by atoms with Gasteiger partial charge in [-0.05, 0) is 51.2 Å². The Morgan fingerprint density at radius 1 is 1.36 bits per heavy atom. The highest BCUT2D eigenvalue weighted by atomic mass is 32.1. The molecular weight excluding hydrogens is 298 g/mol. The first kappa shape index (κ1) is 17.0. The zero-order valence-corrected chi connectivity index (χ0v) is 14.4. The van der Waals surface area contributed by atoms with Crippen LogP contribution >= 0.6 is 11.3 Å². The van der Waals surface area contributed by atoms with Gasteiger partial charge < -0.3 is 10.1 Å². The Hall–Kier alpha value is -1.36. The van der Waals surface area contributed by atoms with Crippen LogP contribution in [-0.4, -0.2) is 24.5 Å². The second kappa shape index (κ2) is 7.77. The minimum Gasteiger partial charge on any atom is -0.466 e. The van der Waals surface area contributed by atoms with Gasteiger partial charge in [0.1, 0.15) is 0 Å². The number of amides is 1. The van der Waals surface area contributed by atoms with Gasteiger partial charge >= 0.3 is 5.97 Å². The SMILES string of the molecule is CCCc1cc(C(=O)N[C@@H]2CC[C@H](C(=O)OCC)C2)sc1C. The van der Waals surface area contributed by atoms with Crippen LogP contribution in [0.5, 0.6) is 0 Å². The van der Waals surface area contributed by atoms with Gasteiger partial charge in [0.2, 0.25) is 0 Å². The molecule has 122 valence electrons. The van der Waals surface area contributed by atoms with Crippen molar-refractivity contribution in [2.24, 2.45) is 5.92 Å². The van der Waals surface area contributed by atoms with Crippen molar-refractivity contribution < 1.29 is 14.3 Å². The van der Waals surface area contributed by atoms with E-state index in [1.807, 2.05) is 13.0 Å². The topological polar surface area (TPSA) is 55.4 Å². The van der Waals surface area contributed by atoms with Gasteiger partial charge in [-0.1, -0.05) is 13.3 Å². The molecule has 1 fully saturated rings. The number of hydrogen-bond donors (Lipinski definition) is 1. The number of hydrogen-bond acceptors (Lipinski definition) is 4. The highest BCUT2D eigenvalue weighted by molar-refractivity contribution is 7.14. The molecule has 0 unspecified atom stereocenters. The summed E-state index contributed by atoms with van der Waals surface area (Å²) in [6.07, 6.45) is 4.44. The van der Waals surface area contributed by atoms with Crippen LogP contribution in [0.4, 0.5) is 0 Å². The summed E-state index contributed by atoms with van der Waals surface area (Å²) in [6.45, 7) is 6.45. The third-order valence-corrected chi connectivity index (χ3v) is 5.24. The summed E-state index contributed by atoms with van der Waals surface area (Å²) in [5, 5.41) is 3.07. The second-order valence-corrected chi connectivity index (χ2v) is 7.13. The lowest BCUT2D eigenvalue weighted by atomic mass is 10.1. The van der Waals surface area contributed by atoms with Gasteiger partial charge in [0, 0.05) is 10.9 Å². The molecule has 4 nitrogen and oxygen atoms in total. The Morgan fingerprint density at radius 2 is 2.14 bits per heavy atom. The number of carbonyl (C=O) groups is 2. The standard InChI is InChI=1S/C17H25NO3S/c1-4-6-12-10-15(22-11(12)3)16(19)18-14-8-7-13(9-14)17(20)21-5-2/h10,13-14H,4-9H2,1-3H3,(H,18,19)/t13-,14+/m0/s1. The summed E-state index contributed by atoms with van der Waals surface area (Å²) in [5.41, 5.74) is 1.27. The summed E-state index contributed by atoms with van der Waals surface area (Å²) >= 11 is 1.56. The van der Waals surface area contributed by atoms with Gasteiger partial charge in [0.25, 0.3) is 5.91 Å². The van der Waals surface area contributed by atoms with Crippen molar-refractivity contribution in [2.45, 2.75) is 58.9 Å². The number of ether oxygens (including phenoxy) is 1. The molecule has 0 radical (unpaired) electrons.